The van der Waals surface area contributed by atoms with Gasteiger partial charge in [-0.2, -0.15) is 0 Å². The molecule has 5 rings (SSSR count). The van der Waals surface area contributed by atoms with Crippen LogP contribution < -0.4 is 0 Å². The zero-order chi connectivity index (χ0) is 20.9. The molecule has 0 aromatic heterocycles. The molecule has 1 amide bonds. The Bertz CT molecular complexity index is 947. The maximum Gasteiger partial charge on any atom is 0.313 e. The topological polar surface area (TPSA) is 55.8 Å². The van der Waals surface area contributed by atoms with Crippen molar-refractivity contribution in [3.8, 4) is 0 Å². The summed E-state index contributed by atoms with van der Waals surface area (Å²) in [6.07, 6.45) is 3.27. The molecule has 2 saturated heterocycles. The second-order valence-corrected chi connectivity index (χ2v) is 8.58. The van der Waals surface area contributed by atoms with E-state index in [4.69, 9.17) is 9.47 Å². The lowest BCUT2D eigenvalue weighted by Crippen LogP contribution is -2.40. The molecule has 3 heterocycles. The van der Waals surface area contributed by atoms with Gasteiger partial charge in [0.15, 0.2) is 0 Å². The van der Waals surface area contributed by atoms with Gasteiger partial charge in [-0.1, -0.05) is 72.8 Å². The van der Waals surface area contributed by atoms with Crippen molar-refractivity contribution in [2.24, 2.45) is 11.8 Å². The third-order valence-corrected chi connectivity index (χ3v) is 6.30. The minimum absolute atomic E-state index is 0.0507. The molecule has 2 aromatic rings. The Labute approximate surface area is 176 Å². The largest absolute Gasteiger partial charge is 0.463 e. The molecular weight excluding hydrogens is 378 g/mol. The second kappa shape index (κ2) is 7.10. The second-order valence-electron chi connectivity index (χ2n) is 8.58. The van der Waals surface area contributed by atoms with Crippen molar-refractivity contribution in [1.82, 2.24) is 4.90 Å². The van der Waals surface area contributed by atoms with E-state index in [2.05, 4.69) is 0 Å². The Morgan fingerprint density at radius 2 is 1.67 bits per heavy atom. The van der Waals surface area contributed by atoms with Gasteiger partial charge in [-0.3, -0.25) is 9.59 Å². The van der Waals surface area contributed by atoms with Crippen LogP contribution in [0.5, 0.6) is 0 Å². The van der Waals surface area contributed by atoms with Gasteiger partial charge in [0, 0.05) is 0 Å². The van der Waals surface area contributed by atoms with Gasteiger partial charge in [0.25, 0.3) is 0 Å². The third-order valence-electron chi connectivity index (χ3n) is 6.30. The van der Waals surface area contributed by atoms with Gasteiger partial charge < -0.3 is 14.4 Å². The molecule has 5 heteroatoms. The Morgan fingerprint density at radius 1 is 1.07 bits per heavy atom. The SMILES string of the molecule is CC(C)OC(=O)C1C2C=CC3(CN(C(c4ccccc4)c4ccccc4)C(=O)C13)O2. The summed E-state index contributed by atoms with van der Waals surface area (Å²) in [6.45, 7) is 4.06. The Hall–Kier alpha value is -2.92. The number of nitrogens with zero attached hydrogens (tertiary/aromatic N) is 1. The van der Waals surface area contributed by atoms with Crippen molar-refractivity contribution in [1.29, 1.82) is 0 Å². The van der Waals surface area contributed by atoms with Crippen LogP contribution in [0.2, 0.25) is 0 Å². The number of hydrogen-bond donors (Lipinski definition) is 0. The lowest BCUT2D eigenvalue weighted by atomic mass is 9.77. The minimum atomic E-state index is -0.760. The lowest BCUT2D eigenvalue weighted by molar-refractivity contribution is -0.157. The summed E-state index contributed by atoms with van der Waals surface area (Å²) in [7, 11) is 0. The van der Waals surface area contributed by atoms with Gasteiger partial charge in [0.2, 0.25) is 5.91 Å². The molecule has 3 aliphatic heterocycles. The highest BCUT2D eigenvalue weighted by Crippen LogP contribution is 2.54. The predicted octanol–water partition coefficient (Wildman–Crippen LogP) is 3.51. The number of likely N-dealkylation sites (tertiary alicyclic amines) is 1. The number of carbonyl (C=O) groups excluding carboxylic acids is 2. The van der Waals surface area contributed by atoms with Crippen LogP contribution in [-0.4, -0.2) is 41.1 Å². The number of ether oxygens (including phenoxy) is 2. The van der Waals surface area contributed by atoms with Crippen LogP contribution in [0, 0.1) is 11.8 Å². The van der Waals surface area contributed by atoms with Crippen LogP contribution in [-0.2, 0) is 19.1 Å². The summed E-state index contributed by atoms with van der Waals surface area (Å²) in [5, 5.41) is 0. The predicted molar refractivity (Wildman–Crippen MR) is 111 cm³/mol. The van der Waals surface area contributed by atoms with Gasteiger partial charge in [0.05, 0.1) is 30.7 Å². The van der Waals surface area contributed by atoms with Crippen LogP contribution in [0.25, 0.3) is 0 Å². The Kier molecular flexibility index (Phi) is 4.51. The first-order valence-electron chi connectivity index (χ1n) is 10.5. The van der Waals surface area contributed by atoms with E-state index in [1.807, 2.05) is 91.6 Å². The monoisotopic (exact) mass is 403 g/mol. The fourth-order valence-electron chi connectivity index (χ4n) is 5.15. The Balaban J connectivity index is 1.54. The standard InChI is InChI=1S/C25H25NO4/c1-16(2)29-24(28)20-19-13-14-25(30-19)15-26(23(27)21(20)25)22(17-9-5-3-6-10-17)18-11-7-4-8-12-18/h3-14,16,19-22H,15H2,1-2H3. The molecule has 0 aliphatic carbocycles. The number of fused-ring (bicyclic) bond motifs is 1. The van der Waals surface area contributed by atoms with E-state index < -0.39 is 17.4 Å². The highest BCUT2D eigenvalue weighted by atomic mass is 16.6. The maximum atomic E-state index is 13.8. The molecule has 0 radical (unpaired) electrons. The highest BCUT2D eigenvalue weighted by molar-refractivity contribution is 5.91. The number of rotatable bonds is 5. The molecule has 154 valence electrons. The first-order valence-corrected chi connectivity index (χ1v) is 10.5. The van der Waals surface area contributed by atoms with Gasteiger partial charge in [0.1, 0.15) is 11.5 Å². The zero-order valence-electron chi connectivity index (χ0n) is 17.1. The molecule has 30 heavy (non-hydrogen) atoms. The molecule has 2 fully saturated rings. The highest BCUT2D eigenvalue weighted by Gasteiger charge is 2.68. The molecule has 0 N–H and O–H groups in total. The van der Waals surface area contributed by atoms with E-state index in [0.29, 0.717) is 6.54 Å². The average molecular weight is 403 g/mol. The van der Waals surface area contributed by atoms with Crippen molar-refractivity contribution in [2.75, 3.05) is 6.54 Å². The van der Waals surface area contributed by atoms with E-state index in [1.54, 1.807) is 0 Å². The minimum Gasteiger partial charge on any atom is -0.463 e. The molecule has 2 bridgehead atoms. The molecule has 5 nitrogen and oxygen atoms in total. The fraction of sp³-hybridized carbons (Fsp3) is 0.360. The summed E-state index contributed by atoms with van der Waals surface area (Å²) >= 11 is 0. The van der Waals surface area contributed by atoms with Crippen molar-refractivity contribution in [2.45, 2.75) is 37.7 Å². The summed E-state index contributed by atoms with van der Waals surface area (Å²) in [4.78, 5) is 28.5. The van der Waals surface area contributed by atoms with Gasteiger partial charge in [-0.25, -0.2) is 0 Å². The summed E-state index contributed by atoms with van der Waals surface area (Å²) in [5.41, 5.74) is 1.31. The van der Waals surface area contributed by atoms with Crippen molar-refractivity contribution in [3.63, 3.8) is 0 Å². The van der Waals surface area contributed by atoms with Crippen LogP contribution in [0.3, 0.4) is 0 Å². The lowest BCUT2D eigenvalue weighted by Gasteiger charge is -2.31. The van der Waals surface area contributed by atoms with E-state index >= 15 is 0 Å². The smallest absolute Gasteiger partial charge is 0.313 e. The number of amides is 1. The molecule has 2 aromatic carbocycles. The van der Waals surface area contributed by atoms with Crippen LogP contribution in [0.15, 0.2) is 72.8 Å². The third kappa shape index (κ3) is 2.88. The van der Waals surface area contributed by atoms with Crippen molar-refractivity contribution < 1.29 is 19.1 Å². The molecule has 4 atom stereocenters. The quantitative estimate of drug-likeness (QED) is 0.566. The normalized spacial score (nSPS) is 29.1. The van der Waals surface area contributed by atoms with E-state index in [9.17, 15) is 9.59 Å². The molecule has 0 saturated carbocycles. The summed E-state index contributed by atoms with van der Waals surface area (Å²) < 4.78 is 11.7. The average Bonchev–Trinajstić information content (AvgIpc) is 3.38. The molecule has 1 spiro atoms. The van der Waals surface area contributed by atoms with E-state index in [1.165, 1.54) is 0 Å². The zero-order valence-corrected chi connectivity index (χ0v) is 17.1. The molecule has 4 unspecified atom stereocenters. The number of hydrogen-bond acceptors (Lipinski definition) is 4. The van der Waals surface area contributed by atoms with Crippen molar-refractivity contribution >= 4 is 11.9 Å². The Morgan fingerprint density at radius 3 is 2.23 bits per heavy atom. The van der Waals surface area contributed by atoms with E-state index in [0.717, 1.165) is 11.1 Å². The first-order chi connectivity index (χ1) is 14.5. The van der Waals surface area contributed by atoms with Gasteiger partial charge >= 0.3 is 5.97 Å². The summed E-state index contributed by atoms with van der Waals surface area (Å²) in [5.74, 6) is -1.54. The first kappa shape index (κ1) is 19.1. The molecular formula is C25H25NO4. The molecule has 3 aliphatic rings. The van der Waals surface area contributed by atoms with Crippen LogP contribution >= 0.6 is 0 Å². The van der Waals surface area contributed by atoms with Crippen molar-refractivity contribution in [3.05, 3.63) is 83.9 Å². The van der Waals surface area contributed by atoms with Gasteiger partial charge in [-0.15, -0.1) is 0 Å². The number of esters is 1. The van der Waals surface area contributed by atoms with Crippen LogP contribution in [0.1, 0.15) is 31.0 Å². The maximum absolute atomic E-state index is 13.8. The van der Waals surface area contributed by atoms with Crippen LogP contribution in [0.4, 0.5) is 0 Å². The fourth-order valence-corrected chi connectivity index (χ4v) is 5.15. The number of carbonyl (C=O) groups is 2. The number of benzene rings is 2. The summed E-state index contributed by atoms with van der Waals surface area (Å²) in [6, 6.07) is 19.8. The van der Waals surface area contributed by atoms with Gasteiger partial charge in [-0.05, 0) is 25.0 Å². The van der Waals surface area contributed by atoms with E-state index in [-0.39, 0.29) is 30.1 Å².